The summed E-state index contributed by atoms with van der Waals surface area (Å²) in [5, 5.41) is 0. The number of para-hydroxylation sites is 1. The molecule has 1 heterocycles. The Hall–Kier alpha value is -2.62. The zero-order valence-electron chi connectivity index (χ0n) is 11.6. The molecule has 0 aliphatic rings. The van der Waals surface area contributed by atoms with Crippen molar-refractivity contribution in [3.63, 3.8) is 0 Å². The molecule has 4 nitrogen and oxygen atoms in total. The molecule has 2 aromatic rings. The van der Waals surface area contributed by atoms with Crippen LogP contribution in [0, 0.1) is 0 Å². The second-order valence-electron chi connectivity index (χ2n) is 4.09. The molecule has 0 amide bonds. The highest BCUT2D eigenvalue weighted by Gasteiger charge is 2.10. The molecule has 0 saturated carbocycles. The molecule has 1 aromatic heterocycles. The van der Waals surface area contributed by atoms with E-state index in [1.807, 2.05) is 30.3 Å². The zero-order chi connectivity index (χ0) is 14.5. The van der Waals surface area contributed by atoms with Crippen molar-refractivity contribution in [3.05, 3.63) is 61.3 Å². The van der Waals surface area contributed by atoms with Gasteiger partial charge in [0.25, 0.3) is 0 Å². The normalized spacial score (nSPS) is 9.90. The molecule has 0 unspecified atom stereocenters. The van der Waals surface area contributed by atoms with Gasteiger partial charge >= 0.3 is 0 Å². The lowest BCUT2D eigenvalue weighted by molar-refractivity contribution is 0.313. The Morgan fingerprint density at radius 1 is 1.10 bits per heavy atom. The average Bonchev–Trinajstić information content (AvgIpc) is 2.53. The molecule has 1 aromatic carbocycles. The van der Waals surface area contributed by atoms with Crippen LogP contribution in [0.15, 0.2) is 55.6 Å². The molecule has 4 heteroatoms. The van der Waals surface area contributed by atoms with Crippen LogP contribution in [-0.4, -0.2) is 24.2 Å². The third-order valence-corrected chi connectivity index (χ3v) is 2.94. The standard InChI is InChI=1S/C16H16N2O2/c1-11(12(2)19-3)14-9-15(18-10-17-14)13-7-5-6-8-16(13)20-4/h5-10H,1-2H2,3-4H3. The van der Waals surface area contributed by atoms with Gasteiger partial charge in [0.1, 0.15) is 17.8 Å². The Morgan fingerprint density at radius 2 is 1.85 bits per heavy atom. The van der Waals surface area contributed by atoms with Gasteiger partial charge in [0, 0.05) is 11.1 Å². The first-order valence-corrected chi connectivity index (χ1v) is 6.05. The maximum atomic E-state index is 5.34. The molecule has 0 bridgehead atoms. The molecule has 0 saturated heterocycles. The van der Waals surface area contributed by atoms with Crippen LogP contribution in [0.4, 0.5) is 0 Å². The van der Waals surface area contributed by atoms with Crippen molar-refractivity contribution >= 4 is 5.57 Å². The summed E-state index contributed by atoms with van der Waals surface area (Å²) in [7, 11) is 3.18. The van der Waals surface area contributed by atoms with Crippen molar-refractivity contribution in [1.29, 1.82) is 0 Å². The molecule has 102 valence electrons. The largest absolute Gasteiger partial charge is 0.497 e. The fourth-order valence-electron chi connectivity index (χ4n) is 1.79. The van der Waals surface area contributed by atoms with E-state index in [2.05, 4.69) is 23.1 Å². The Balaban J connectivity index is 2.44. The molecule has 2 rings (SSSR count). The highest BCUT2D eigenvalue weighted by molar-refractivity contribution is 5.76. The molecule has 0 aliphatic carbocycles. The molecule has 0 radical (unpaired) electrons. The number of nitrogens with zero attached hydrogens (tertiary/aromatic N) is 2. The summed E-state index contributed by atoms with van der Waals surface area (Å²) in [5.41, 5.74) is 2.96. The summed E-state index contributed by atoms with van der Waals surface area (Å²) in [6, 6.07) is 9.52. The number of ether oxygens (including phenoxy) is 2. The van der Waals surface area contributed by atoms with Crippen LogP contribution in [0.1, 0.15) is 5.69 Å². The van der Waals surface area contributed by atoms with E-state index >= 15 is 0 Å². The molecule has 20 heavy (non-hydrogen) atoms. The van der Waals surface area contributed by atoms with E-state index in [0.717, 1.165) is 17.0 Å². The summed E-state index contributed by atoms with van der Waals surface area (Å²) >= 11 is 0. The Labute approximate surface area is 118 Å². The van der Waals surface area contributed by atoms with E-state index in [1.165, 1.54) is 6.33 Å². The molecule has 0 fully saturated rings. The quantitative estimate of drug-likeness (QED) is 0.616. The number of allylic oxidation sites excluding steroid dienone is 1. The van der Waals surface area contributed by atoms with Gasteiger partial charge in [-0.05, 0) is 18.2 Å². The van der Waals surface area contributed by atoms with Gasteiger partial charge in [-0.3, -0.25) is 0 Å². The lowest BCUT2D eigenvalue weighted by atomic mass is 10.1. The Bertz CT molecular complexity index is 650. The van der Waals surface area contributed by atoms with E-state index < -0.39 is 0 Å². The van der Waals surface area contributed by atoms with Crippen molar-refractivity contribution in [2.45, 2.75) is 0 Å². The van der Waals surface area contributed by atoms with E-state index in [4.69, 9.17) is 9.47 Å². The van der Waals surface area contributed by atoms with Gasteiger partial charge in [0.2, 0.25) is 0 Å². The monoisotopic (exact) mass is 268 g/mol. The molecule has 0 spiro atoms. The predicted octanol–water partition coefficient (Wildman–Crippen LogP) is 3.33. The van der Waals surface area contributed by atoms with Crippen LogP contribution in [-0.2, 0) is 4.74 Å². The number of methoxy groups -OCH3 is 2. The minimum atomic E-state index is 0.481. The van der Waals surface area contributed by atoms with E-state index in [0.29, 0.717) is 17.0 Å². The first-order chi connectivity index (χ1) is 9.67. The van der Waals surface area contributed by atoms with Crippen LogP contribution >= 0.6 is 0 Å². The van der Waals surface area contributed by atoms with Crippen LogP contribution < -0.4 is 4.74 Å². The van der Waals surface area contributed by atoms with Crippen molar-refractivity contribution in [1.82, 2.24) is 9.97 Å². The molecule has 0 N–H and O–H groups in total. The summed E-state index contributed by atoms with van der Waals surface area (Å²) in [4.78, 5) is 8.48. The highest BCUT2D eigenvalue weighted by atomic mass is 16.5. The third kappa shape index (κ3) is 2.69. The fraction of sp³-hybridized carbons (Fsp3) is 0.125. The summed E-state index contributed by atoms with van der Waals surface area (Å²) < 4.78 is 10.4. The smallest absolute Gasteiger partial charge is 0.128 e. The number of benzene rings is 1. The SMILES string of the molecule is C=C(OC)C(=C)c1cc(-c2ccccc2OC)ncn1. The van der Waals surface area contributed by atoms with E-state index in [9.17, 15) is 0 Å². The molecule has 0 atom stereocenters. The van der Waals surface area contributed by atoms with Gasteiger partial charge in [-0.25, -0.2) is 9.97 Å². The summed E-state index contributed by atoms with van der Waals surface area (Å²) in [5.74, 6) is 1.24. The summed E-state index contributed by atoms with van der Waals surface area (Å²) in [6.07, 6.45) is 1.49. The van der Waals surface area contributed by atoms with Crippen LogP contribution in [0.5, 0.6) is 5.75 Å². The maximum Gasteiger partial charge on any atom is 0.128 e. The second-order valence-corrected chi connectivity index (χ2v) is 4.09. The second kappa shape index (κ2) is 6.02. The van der Waals surface area contributed by atoms with Gasteiger partial charge in [-0.15, -0.1) is 0 Å². The lowest BCUT2D eigenvalue weighted by Crippen LogP contribution is -1.96. The minimum Gasteiger partial charge on any atom is -0.497 e. The predicted molar refractivity (Wildman–Crippen MR) is 79.2 cm³/mol. The zero-order valence-corrected chi connectivity index (χ0v) is 11.6. The number of hydrogen-bond acceptors (Lipinski definition) is 4. The van der Waals surface area contributed by atoms with Gasteiger partial charge < -0.3 is 9.47 Å². The van der Waals surface area contributed by atoms with Crippen LogP contribution in [0.25, 0.3) is 16.8 Å². The molecular weight excluding hydrogens is 252 g/mol. The topological polar surface area (TPSA) is 44.2 Å². The first kappa shape index (κ1) is 13.8. The van der Waals surface area contributed by atoms with Crippen LogP contribution in [0.2, 0.25) is 0 Å². The minimum absolute atomic E-state index is 0.481. The van der Waals surface area contributed by atoms with Crippen molar-refractivity contribution in [3.8, 4) is 17.0 Å². The Kier molecular flexibility index (Phi) is 4.15. The Morgan fingerprint density at radius 3 is 2.55 bits per heavy atom. The van der Waals surface area contributed by atoms with Crippen molar-refractivity contribution < 1.29 is 9.47 Å². The number of hydrogen-bond donors (Lipinski definition) is 0. The first-order valence-electron chi connectivity index (χ1n) is 6.05. The van der Waals surface area contributed by atoms with Gasteiger partial charge in [0.15, 0.2) is 0 Å². The fourth-order valence-corrected chi connectivity index (χ4v) is 1.79. The van der Waals surface area contributed by atoms with Crippen LogP contribution in [0.3, 0.4) is 0 Å². The average molecular weight is 268 g/mol. The van der Waals surface area contributed by atoms with Crippen molar-refractivity contribution in [2.24, 2.45) is 0 Å². The number of aromatic nitrogens is 2. The van der Waals surface area contributed by atoms with E-state index in [1.54, 1.807) is 14.2 Å². The van der Waals surface area contributed by atoms with Gasteiger partial charge in [-0.1, -0.05) is 25.3 Å². The highest BCUT2D eigenvalue weighted by Crippen LogP contribution is 2.29. The van der Waals surface area contributed by atoms with Gasteiger partial charge in [-0.2, -0.15) is 0 Å². The number of rotatable bonds is 5. The third-order valence-electron chi connectivity index (χ3n) is 2.94. The summed E-state index contributed by atoms with van der Waals surface area (Å²) in [6.45, 7) is 7.71. The maximum absolute atomic E-state index is 5.34. The van der Waals surface area contributed by atoms with Crippen molar-refractivity contribution in [2.75, 3.05) is 14.2 Å². The lowest BCUT2D eigenvalue weighted by Gasteiger charge is -2.10. The molecular formula is C16H16N2O2. The molecule has 0 aliphatic heterocycles. The van der Waals surface area contributed by atoms with Gasteiger partial charge in [0.05, 0.1) is 25.6 Å². The van der Waals surface area contributed by atoms with E-state index in [-0.39, 0.29) is 0 Å².